The van der Waals surface area contributed by atoms with Crippen molar-refractivity contribution in [3.63, 3.8) is 0 Å². The van der Waals surface area contributed by atoms with E-state index in [1.807, 2.05) is 20.8 Å². The second kappa shape index (κ2) is 4.81. The largest absolute Gasteiger partial charge is 0.376 e. The molecule has 0 amide bonds. The first-order valence-corrected chi connectivity index (χ1v) is 5.80. The zero-order valence-corrected chi connectivity index (χ0v) is 10.6. The number of hydrogen-bond acceptors (Lipinski definition) is 3. The van der Waals surface area contributed by atoms with Crippen LogP contribution in [-0.4, -0.2) is 30.7 Å². The molecule has 0 bridgehead atoms. The van der Waals surface area contributed by atoms with E-state index >= 15 is 0 Å². The van der Waals surface area contributed by atoms with Gasteiger partial charge in [0.1, 0.15) is 0 Å². The molecular formula is C12H24O3. The quantitative estimate of drug-likeness (QED) is 0.707. The van der Waals surface area contributed by atoms with E-state index in [-0.39, 0.29) is 11.7 Å². The number of hydrogen-bond donors (Lipinski definition) is 0. The summed E-state index contributed by atoms with van der Waals surface area (Å²) in [4.78, 5) is 0. The molecule has 0 spiro atoms. The second-order valence-electron chi connectivity index (χ2n) is 5.18. The lowest BCUT2D eigenvalue weighted by Gasteiger charge is -2.26. The molecule has 1 saturated heterocycles. The van der Waals surface area contributed by atoms with Gasteiger partial charge in [0.25, 0.3) is 0 Å². The third-order valence-electron chi connectivity index (χ3n) is 2.67. The summed E-state index contributed by atoms with van der Waals surface area (Å²) < 4.78 is 16.9. The molecule has 0 aromatic heterocycles. The number of rotatable bonds is 5. The van der Waals surface area contributed by atoms with Crippen LogP contribution in [0.15, 0.2) is 0 Å². The van der Waals surface area contributed by atoms with E-state index in [9.17, 15) is 0 Å². The molecule has 0 radical (unpaired) electrons. The van der Waals surface area contributed by atoms with Gasteiger partial charge in [-0.1, -0.05) is 0 Å². The van der Waals surface area contributed by atoms with Crippen LogP contribution in [0.5, 0.6) is 0 Å². The Balaban J connectivity index is 2.26. The highest BCUT2D eigenvalue weighted by molar-refractivity contribution is 4.76. The fourth-order valence-corrected chi connectivity index (χ4v) is 1.88. The van der Waals surface area contributed by atoms with Crippen molar-refractivity contribution in [2.24, 2.45) is 0 Å². The van der Waals surface area contributed by atoms with Crippen LogP contribution in [0.1, 0.15) is 47.5 Å². The van der Waals surface area contributed by atoms with Gasteiger partial charge in [0.2, 0.25) is 0 Å². The van der Waals surface area contributed by atoms with Crippen molar-refractivity contribution >= 4 is 0 Å². The fourth-order valence-electron chi connectivity index (χ4n) is 1.88. The van der Waals surface area contributed by atoms with E-state index in [0.717, 1.165) is 19.4 Å². The average molecular weight is 216 g/mol. The minimum atomic E-state index is -0.402. The Morgan fingerprint density at radius 2 is 2.07 bits per heavy atom. The van der Waals surface area contributed by atoms with Crippen LogP contribution >= 0.6 is 0 Å². The lowest BCUT2D eigenvalue weighted by atomic mass is 10.0. The minimum absolute atomic E-state index is 0.0508. The molecule has 15 heavy (non-hydrogen) atoms. The van der Waals surface area contributed by atoms with Gasteiger partial charge in [0, 0.05) is 6.61 Å². The molecular weight excluding hydrogens is 192 g/mol. The van der Waals surface area contributed by atoms with E-state index in [4.69, 9.17) is 14.2 Å². The second-order valence-corrected chi connectivity index (χ2v) is 5.18. The highest BCUT2D eigenvalue weighted by Gasteiger charge is 2.33. The van der Waals surface area contributed by atoms with Crippen molar-refractivity contribution in [2.45, 2.75) is 65.0 Å². The van der Waals surface area contributed by atoms with E-state index < -0.39 is 5.79 Å². The molecule has 0 aromatic rings. The Morgan fingerprint density at radius 3 is 2.53 bits per heavy atom. The molecule has 0 aliphatic carbocycles. The Bertz CT molecular complexity index is 199. The summed E-state index contributed by atoms with van der Waals surface area (Å²) in [7, 11) is 0. The molecule has 3 nitrogen and oxygen atoms in total. The molecule has 0 saturated carbocycles. The summed E-state index contributed by atoms with van der Waals surface area (Å²) in [6.45, 7) is 11.7. The first kappa shape index (κ1) is 12.9. The van der Waals surface area contributed by atoms with Crippen molar-refractivity contribution in [2.75, 3.05) is 13.2 Å². The normalized spacial score (nSPS) is 25.8. The zero-order valence-electron chi connectivity index (χ0n) is 10.6. The number of ether oxygens (including phenoxy) is 3. The minimum Gasteiger partial charge on any atom is -0.376 e. The maximum absolute atomic E-state index is 5.74. The predicted octanol–water partition coefficient (Wildman–Crippen LogP) is 2.73. The lowest BCUT2D eigenvalue weighted by Crippen LogP contribution is -2.27. The van der Waals surface area contributed by atoms with Crippen LogP contribution < -0.4 is 0 Å². The van der Waals surface area contributed by atoms with Gasteiger partial charge in [-0.2, -0.15) is 0 Å². The Morgan fingerprint density at radius 1 is 1.40 bits per heavy atom. The molecule has 1 heterocycles. The van der Waals surface area contributed by atoms with Crippen molar-refractivity contribution in [1.82, 2.24) is 0 Å². The molecule has 1 fully saturated rings. The zero-order chi connectivity index (χ0) is 11.5. The summed E-state index contributed by atoms with van der Waals surface area (Å²) >= 11 is 0. The predicted molar refractivity (Wildman–Crippen MR) is 59.8 cm³/mol. The molecule has 1 unspecified atom stereocenters. The van der Waals surface area contributed by atoms with Crippen LogP contribution in [0, 0.1) is 0 Å². The first-order chi connectivity index (χ1) is 6.85. The van der Waals surface area contributed by atoms with Crippen molar-refractivity contribution in [1.29, 1.82) is 0 Å². The standard InChI is InChI=1S/C12H24O3/c1-6-13-11(2,3)8-7-10-9-14-12(4,5)15-10/h10H,6-9H2,1-5H3. The van der Waals surface area contributed by atoms with Gasteiger partial charge in [-0.3, -0.25) is 0 Å². The maximum atomic E-state index is 5.74. The van der Waals surface area contributed by atoms with Crippen molar-refractivity contribution < 1.29 is 14.2 Å². The van der Waals surface area contributed by atoms with Crippen LogP contribution in [-0.2, 0) is 14.2 Å². The summed E-state index contributed by atoms with van der Waals surface area (Å²) in [5, 5.41) is 0. The third-order valence-corrected chi connectivity index (χ3v) is 2.67. The molecule has 90 valence electrons. The van der Waals surface area contributed by atoms with E-state index in [2.05, 4.69) is 13.8 Å². The van der Waals surface area contributed by atoms with E-state index in [1.54, 1.807) is 0 Å². The summed E-state index contributed by atoms with van der Waals surface area (Å²) in [6, 6.07) is 0. The van der Waals surface area contributed by atoms with Gasteiger partial charge < -0.3 is 14.2 Å². The van der Waals surface area contributed by atoms with E-state index in [0.29, 0.717) is 6.61 Å². The topological polar surface area (TPSA) is 27.7 Å². The van der Waals surface area contributed by atoms with Crippen LogP contribution in [0.2, 0.25) is 0 Å². The van der Waals surface area contributed by atoms with Crippen LogP contribution in [0.4, 0.5) is 0 Å². The van der Waals surface area contributed by atoms with Gasteiger partial charge in [0.15, 0.2) is 5.79 Å². The fraction of sp³-hybridized carbons (Fsp3) is 1.00. The van der Waals surface area contributed by atoms with Gasteiger partial charge in [-0.05, 0) is 47.5 Å². The highest BCUT2D eigenvalue weighted by atomic mass is 16.7. The average Bonchev–Trinajstić information content (AvgIpc) is 2.42. The molecule has 0 aromatic carbocycles. The third kappa shape index (κ3) is 4.49. The summed E-state index contributed by atoms with van der Waals surface area (Å²) in [5.74, 6) is -0.402. The Hall–Kier alpha value is -0.120. The molecule has 1 rings (SSSR count). The molecule has 1 aliphatic heterocycles. The van der Waals surface area contributed by atoms with E-state index in [1.165, 1.54) is 0 Å². The molecule has 0 N–H and O–H groups in total. The van der Waals surface area contributed by atoms with Gasteiger partial charge in [-0.25, -0.2) is 0 Å². The summed E-state index contributed by atoms with van der Waals surface area (Å²) in [5.41, 5.74) is -0.0508. The van der Waals surface area contributed by atoms with Crippen LogP contribution in [0.3, 0.4) is 0 Å². The summed E-state index contributed by atoms with van der Waals surface area (Å²) in [6.07, 6.45) is 2.22. The lowest BCUT2D eigenvalue weighted by molar-refractivity contribution is -0.140. The first-order valence-electron chi connectivity index (χ1n) is 5.80. The molecule has 1 atom stereocenters. The van der Waals surface area contributed by atoms with Crippen molar-refractivity contribution in [3.05, 3.63) is 0 Å². The highest BCUT2D eigenvalue weighted by Crippen LogP contribution is 2.27. The molecule has 1 aliphatic rings. The van der Waals surface area contributed by atoms with Gasteiger partial charge in [-0.15, -0.1) is 0 Å². The van der Waals surface area contributed by atoms with Gasteiger partial charge >= 0.3 is 0 Å². The Kier molecular flexibility index (Phi) is 4.15. The van der Waals surface area contributed by atoms with Gasteiger partial charge in [0.05, 0.1) is 18.3 Å². The monoisotopic (exact) mass is 216 g/mol. The molecule has 3 heteroatoms. The SMILES string of the molecule is CCOC(C)(C)CCC1COC(C)(C)O1. The smallest absolute Gasteiger partial charge is 0.163 e. The maximum Gasteiger partial charge on any atom is 0.163 e. The van der Waals surface area contributed by atoms with Crippen LogP contribution in [0.25, 0.3) is 0 Å². The van der Waals surface area contributed by atoms with Crippen molar-refractivity contribution in [3.8, 4) is 0 Å². The Labute approximate surface area is 93.1 Å².